The molecule has 0 radical (unpaired) electrons. The van der Waals surface area contributed by atoms with Gasteiger partial charge in [-0.3, -0.25) is 0 Å². The molecule has 0 aliphatic carbocycles. The summed E-state index contributed by atoms with van der Waals surface area (Å²) in [4.78, 5) is 4.46. The smallest absolute Gasteiger partial charge is 0.387 e. The van der Waals surface area contributed by atoms with Gasteiger partial charge in [0.15, 0.2) is 0 Å². The van der Waals surface area contributed by atoms with Gasteiger partial charge in [-0.15, -0.1) is 0 Å². The first kappa shape index (κ1) is 16.7. The Labute approximate surface area is 154 Å². The van der Waals surface area contributed by atoms with Crippen LogP contribution >= 0.6 is 27.5 Å². The van der Waals surface area contributed by atoms with Crippen molar-refractivity contribution in [2.24, 2.45) is 0 Å². The van der Waals surface area contributed by atoms with Crippen LogP contribution in [0.2, 0.25) is 5.02 Å². The van der Waals surface area contributed by atoms with Gasteiger partial charge < -0.3 is 9.30 Å². The zero-order valence-corrected chi connectivity index (χ0v) is 15.0. The molecule has 0 unspecified atom stereocenters. The lowest BCUT2D eigenvalue weighted by Crippen LogP contribution is -2.11. The lowest BCUT2D eigenvalue weighted by Gasteiger charge is -2.20. The van der Waals surface area contributed by atoms with Gasteiger partial charge in [0.1, 0.15) is 17.4 Å². The van der Waals surface area contributed by atoms with Crippen molar-refractivity contribution in [1.29, 1.82) is 0 Å². The molecule has 0 amide bonds. The second-order valence-corrected chi connectivity index (χ2v) is 7.00. The van der Waals surface area contributed by atoms with E-state index in [0.717, 1.165) is 5.82 Å². The molecule has 0 saturated carbocycles. The molecular weight excluding hydrogens is 421 g/mol. The first-order valence-electron chi connectivity index (χ1n) is 7.55. The van der Waals surface area contributed by atoms with Crippen molar-refractivity contribution in [2.45, 2.75) is 25.5 Å². The number of nitrogens with zero attached hydrogens (tertiary/aromatic N) is 2. The number of hydrogen-bond donors (Lipinski definition) is 0. The molecule has 8 heteroatoms. The minimum atomic E-state index is -2.94. The average Bonchev–Trinajstić information content (AvgIpc) is 3.07. The van der Waals surface area contributed by atoms with Crippen LogP contribution < -0.4 is 4.74 Å². The first-order chi connectivity index (χ1) is 12.0. The normalized spacial score (nSPS) is 16.6. The number of rotatable bonds is 3. The van der Waals surface area contributed by atoms with Crippen molar-refractivity contribution < 1.29 is 17.9 Å². The number of ether oxygens (including phenoxy) is 1. The van der Waals surface area contributed by atoms with E-state index in [4.69, 9.17) is 11.6 Å². The molecule has 2 aromatic carbocycles. The standard InChI is InChI=1S/C17H11BrClF3N2O/c18-8-6-13-11(7-10(8)20)23-15-5-4-12(24(13)15)16-9(19)2-1-3-14(16)25-17(21)22/h1-3,6-7,12,17H,4-5H2/t12-/m1/s1. The summed E-state index contributed by atoms with van der Waals surface area (Å²) in [6.07, 6.45) is 1.29. The van der Waals surface area contributed by atoms with Gasteiger partial charge in [-0.1, -0.05) is 17.7 Å². The molecule has 3 aromatic rings. The number of aryl methyl sites for hydroxylation is 1. The molecule has 0 saturated heterocycles. The number of alkyl halides is 2. The Morgan fingerprint density at radius 3 is 2.88 bits per heavy atom. The molecule has 4 rings (SSSR count). The third kappa shape index (κ3) is 2.79. The van der Waals surface area contributed by atoms with Crippen molar-refractivity contribution in [3.63, 3.8) is 0 Å². The fourth-order valence-corrected chi connectivity index (χ4v) is 4.00. The van der Waals surface area contributed by atoms with E-state index in [1.54, 1.807) is 18.2 Å². The summed E-state index contributed by atoms with van der Waals surface area (Å²) in [5.41, 5.74) is 1.72. The van der Waals surface area contributed by atoms with Gasteiger partial charge >= 0.3 is 6.61 Å². The van der Waals surface area contributed by atoms with Crippen LogP contribution in [0.5, 0.6) is 5.75 Å². The highest BCUT2D eigenvalue weighted by Gasteiger charge is 2.31. The highest BCUT2D eigenvalue weighted by Crippen LogP contribution is 2.43. The van der Waals surface area contributed by atoms with Gasteiger partial charge in [-0.05, 0) is 40.5 Å². The Kier molecular flexibility index (Phi) is 4.16. The molecule has 2 heterocycles. The third-order valence-corrected chi connectivity index (χ3v) is 5.26. The fraction of sp³-hybridized carbons (Fsp3) is 0.235. The van der Waals surface area contributed by atoms with E-state index >= 15 is 0 Å². The van der Waals surface area contributed by atoms with Crippen LogP contribution in [0.25, 0.3) is 11.0 Å². The molecule has 1 aliphatic heterocycles. The van der Waals surface area contributed by atoms with Gasteiger partial charge in [0, 0.05) is 23.1 Å². The number of fused-ring (bicyclic) bond motifs is 3. The molecule has 130 valence electrons. The minimum Gasteiger partial charge on any atom is -0.434 e. The Morgan fingerprint density at radius 2 is 2.12 bits per heavy atom. The molecule has 0 bridgehead atoms. The topological polar surface area (TPSA) is 27.1 Å². The summed E-state index contributed by atoms with van der Waals surface area (Å²) >= 11 is 9.49. The predicted molar refractivity (Wildman–Crippen MR) is 91.9 cm³/mol. The first-order valence-corrected chi connectivity index (χ1v) is 8.72. The number of benzene rings is 2. The summed E-state index contributed by atoms with van der Waals surface area (Å²) in [6, 6.07) is 7.37. The third-order valence-electron chi connectivity index (χ3n) is 4.32. The van der Waals surface area contributed by atoms with Crippen LogP contribution in [0.15, 0.2) is 34.8 Å². The maximum Gasteiger partial charge on any atom is 0.387 e. The maximum atomic E-state index is 13.8. The number of imidazole rings is 1. The van der Waals surface area contributed by atoms with Gasteiger partial charge in [0.25, 0.3) is 0 Å². The number of aromatic nitrogens is 2. The van der Waals surface area contributed by atoms with Crippen LogP contribution in [0.4, 0.5) is 13.2 Å². The zero-order valence-electron chi connectivity index (χ0n) is 12.6. The zero-order chi connectivity index (χ0) is 17.7. The fourth-order valence-electron chi connectivity index (χ4n) is 3.37. The molecule has 1 aromatic heterocycles. The van der Waals surface area contributed by atoms with Crippen LogP contribution in [0, 0.1) is 5.82 Å². The van der Waals surface area contributed by atoms with Crippen molar-refractivity contribution in [1.82, 2.24) is 9.55 Å². The van der Waals surface area contributed by atoms with Gasteiger partial charge in [-0.25, -0.2) is 9.37 Å². The highest BCUT2D eigenvalue weighted by atomic mass is 79.9. The van der Waals surface area contributed by atoms with E-state index in [0.29, 0.717) is 38.9 Å². The summed E-state index contributed by atoms with van der Waals surface area (Å²) in [5.74, 6) is 0.407. The minimum absolute atomic E-state index is 0.0448. The number of hydrogen-bond acceptors (Lipinski definition) is 2. The summed E-state index contributed by atoms with van der Waals surface area (Å²) in [5, 5.41) is 0.346. The molecule has 0 fully saturated rings. The summed E-state index contributed by atoms with van der Waals surface area (Å²) < 4.78 is 46.2. The lowest BCUT2D eigenvalue weighted by molar-refractivity contribution is -0.0506. The van der Waals surface area contributed by atoms with E-state index in [9.17, 15) is 13.2 Å². The second-order valence-electron chi connectivity index (χ2n) is 5.74. The van der Waals surface area contributed by atoms with E-state index in [2.05, 4.69) is 25.7 Å². The van der Waals surface area contributed by atoms with Crippen LogP contribution in [0.3, 0.4) is 0 Å². The summed E-state index contributed by atoms with van der Waals surface area (Å²) in [7, 11) is 0. The molecular formula is C17H11BrClF3N2O. The molecule has 25 heavy (non-hydrogen) atoms. The van der Waals surface area contributed by atoms with Crippen molar-refractivity contribution in [3.05, 3.63) is 57.0 Å². The van der Waals surface area contributed by atoms with Crippen molar-refractivity contribution in [3.8, 4) is 5.75 Å². The van der Waals surface area contributed by atoms with Crippen LogP contribution in [0.1, 0.15) is 23.9 Å². The SMILES string of the molecule is Fc1cc2nc3n(c2cc1Br)[C@@H](c1c(Cl)cccc1OC(F)F)CC3. The van der Waals surface area contributed by atoms with Crippen LogP contribution in [-0.2, 0) is 6.42 Å². The van der Waals surface area contributed by atoms with Crippen LogP contribution in [-0.4, -0.2) is 16.2 Å². The molecule has 0 N–H and O–H groups in total. The Hall–Kier alpha value is -1.73. The largest absolute Gasteiger partial charge is 0.434 e. The summed E-state index contributed by atoms with van der Waals surface area (Å²) in [6.45, 7) is -2.94. The van der Waals surface area contributed by atoms with E-state index < -0.39 is 12.4 Å². The molecule has 0 spiro atoms. The van der Waals surface area contributed by atoms with Crippen molar-refractivity contribution >= 4 is 38.6 Å². The van der Waals surface area contributed by atoms with Gasteiger partial charge in [0.05, 0.1) is 21.5 Å². The van der Waals surface area contributed by atoms with E-state index in [1.165, 1.54) is 12.1 Å². The molecule has 1 aliphatic rings. The quantitative estimate of drug-likeness (QED) is 0.530. The average molecular weight is 432 g/mol. The predicted octanol–water partition coefficient (Wildman–Crippen LogP) is 5.73. The van der Waals surface area contributed by atoms with E-state index in [1.807, 2.05) is 4.57 Å². The lowest BCUT2D eigenvalue weighted by atomic mass is 10.0. The van der Waals surface area contributed by atoms with Crippen molar-refractivity contribution in [2.75, 3.05) is 0 Å². The highest BCUT2D eigenvalue weighted by molar-refractivity contribution is 9.10. The molecule has 3 nitrogen and oxygen atoms in total. The molecule has 1 atom stereocenters. The maximum absolute atomic E-state index is 13.8. The Bertz CT molecular complexity index is 976. The Balaban J connectivity index is 1.90. The van der Waals surface area contributed by atoms with E-state index in [-0.39, 0.29) is 11.8 Å². The monoisotopic (exact) mass is 430 g/mol. The number of halogens is 5. The van der Waals surface area contributed by atoms with Gasteiger partial charge in [0.2, 0.25) is 0 Å². The van der Waals surface area contributed by atoms with Gasteiger partial charge in [-0.2, -0.15) is 8.78 Å². The second kappa shape index (κ2) is 6.21. The Morgan fingerprint density at radius 1 is 1.32 bits per heavy atom.